The minimum atomic E-state index is -4.62. The van der Waals surface area contributed by atoms with Gasteiger partial charge >= 0.3 is 19.8 Å². The van der Waals surface area contributed by atoms with Crippen LogP contribution in [0.2, 0.25) is 0 Å². The lowest BCUT2D eigenvalue weighted by molar-refractivity contribution is -0.161. The topological polar surface area (TPSA) is 149 Å². The number of phosphoric ester groups is 1. The fourth-order valence-electron chi connectivity index (χ4n) is 5.60. The number of rotatable bonds is 39. The van der Waals surface area contributed by atoms with E-state index in [1.165, 1.54) is 70.6 Å². The molecule has 0 aromatic rings. The predicted octanol–water partition coefficient (Wildman–Crippen LogP) is 10.8. The van der Waals surface area contributed by atoms with Crippen molar-refractivity contribution in [2.75, 3.05) is 26.4 Å². The second-order valence-corrected chi connectivity index (χ2v) is 15.4. The Labute approximate surface area is 322 Å². The van der Waals surface area contributed by atoms with Gasteiger partial charge in [0, 0.05) is 12.8 Å². The Morgan fingerprint density at radius 3 is 1.57 bits per heavy atom. The van der Waals surface area contributed by atoms with Gasteiger partial charge in [0.1, 0.15) is 12.7 Å². The van der Waals surface area contributed by atoms with Crippen LogP contribution in [0.4, 0.5) is 0 Å². The van der Waals surface area contributed by atoms with Gasteiger partial charge in [0.05, 0.1) is 19.8 Å². The molecule has 0 spiro atoms. The van der Waals surface area contributed by atoms with Crippen molar-refractivity contribution in [3.8, 4) is 0 Å². The van der Waals surface area contributed by atoms with Crippen molar-refractivity contribution in [1.82, 2.24) is 0 Å². The van der Waals surface area contributed by atoms with Gasteiger partial charge in [0.15, 0.2) is 6.10 Å². The molecule has 0 radical (unpaired) electrons. The van der Waals surface area contributed by atoms with E-state index in [1.54, 1.807) is 0 Å². The molecule has 0 saturated heterocycles. The number of aliphatic hydroxyl groups excluding tert-OH is 2. The maximum atomic E-state index is 12.6. The van der Waals surface area contributed by atoms with Crippen molar-refractivity contribution in [2.45, 2.75) is 193 Å². The first kappa shape index (κ1) is 51.2. The van der Waals surface area contributed by atoms with Crippen molar-refractivity contribution in [2.24, 2.45) is 0 Å². The minimum Gasteiger partial charge on any atom is -0.462 e. The molecule has 0 heterocycles. The molecule has 310 valence electrons. The van der Waals surface area contributed by atoms with Gasteiger partial charge in [-0.3, -0.25) is 18.6 Å². The van der Waals surface area contributed by atoms with E-state index in [-0.39, 0.29) is 19.4 Å². The molecular formula is C42H77O10P. The van der Waals surface area contributed by atoms with E-state index in [2.05, 4.69) is 54.8 Å². The number of hydrogen-bond donors (Lipinski definition) is 3. The molecule has 3 unspecified atom stereocenters. The second-order valence-electron chi connectivity index (χ2n) is 14.0. The summed E-state index contributed by atoms with van der Waals surface area (Å²) in [4.78, 5) is 34.9. The van der Waals surface area contributed by atoms with Crippen LogP contribution in [0.15, 0.2) is 36.5 Å². The van der Waals surface area contributed by atoms with Gasteiger partial charge in [-0.1, -0.05) is 159 Å². The average Bonchev–Trinajstić information content (AvgIpc) is 3.14. The molecule has 10 nitrogen and oxygen atoms in total. The molecule has 0 rings (SSSR count). The van der Waals surface area contributed by atoms with Crippen molar-refractivity contribution in [1.29, 1.82) is 0 Å². The number of esters is 2. The van der Waals surface area contributed by atoms with Crippen LogP contribution in [0.1, 0.15) is 181 Å². The molecule has 0 bridgehead atoms. The standard InChI is InChI=1S/C42H77O10P/c1-3-5-7-9-11-13-15-17-19-21-23-25-27-29-31-33-41(45)49-37-40(38-51-53(47,48)50-36-39(44)35-43)52-42(46)34-32-30-28-26-24-22-20-18-16-14-12-10-8-6-4-2/h5,7,11,13,17,19,39-40,43-44H,3-4,6,8-10,12,14-16,18,20-38H2,1-2H3,(H,47,48). The Morgan fingerprint density at radius 1 is 0.585 bits per heavy atom. The molecule has 3 atom stereocenters. The number of hydrogen-bond acceptors (Lipinski definition) is 9. The van der Waals surface area contributed by atoms with E-state index in [0.29, 0.717) is 12.8 Å². The number of allylic oxidation sites excluding steroid dienone is 6. The highest BCUT2D eigenvalue weighted by molar-refractivity contribution is 7.47. The lowest BCUT2D eigenvalue weighted by atomic mass is 10.0. The Hall–Kier alpha value is -1.81. The largest absolute Gasteiger partial charge is 0.472 e. The number of phosphoric acid groups is 1. The zero-order chi connectivity index (χ0) is 39.1. The van der Waals surface area contributed by atoms with E-state index < -0.39 is 51.8 Å². The highest BCUT2D eigenvalue weighted by Crippen LogP contribution is 2.43. The first-order valence-corrected chi connectivity index (χ1v) is 22.4. The molecule has 53 heavy (non-hydrogen) atoms. The van der Waals surface area contributed by atoms with Crippen molar-refractivity contribution in [3.05, 3.63) is 36.5 Å². The number of carbonyl (C=O) groups is 2. The molecule has 0 aliphatic rings. The Morgan fingerprint density at radius 2 is 1.04 bits per heavy atom. The van der Waals surface area contributed by atoms with E-state index >= 15 is 0 Å². The average molecular weight is 773 g/mol. The van der Waals surface area contributed by atoms with Crippen molar-refractivity contribution in [3.63, 3.8) is 0 Å². The molecule has 0 saturated carbocycles. The van der Waals surface area contributed by atoms with Crippen LogP contribution in [0, 0.1) is 0 Å². The fraction of sp³-hybridized carbons (Fsp3) is 0.810. The molecule has 0 aliphatic carbocycles. The molecule has 0 fully saturated rings. The van der Waals surface area contributed by atoms with Crippen LogP contribution in [0.25, 0.3) is 0 Å². The van der Waals surface area contributed by atoms with Gasteiger partial charge in [-0.05, 0) is 44.9 Å². The zero-order valence-corrected chi connectivity index (χ0v) is 34.4. The summed E-state index contributed by atoms with van der Waals surface area (Å²) in [5, 5.41) is 18.3. The number of ether oxygens (including phenoxy) is 2. The van der Waals surface area contributed by atoms with Crippen LogP contribution in [-0.2, 0) is 32.7 Å². The van der Waals surface area contributed by atoms with E-state index in [9.17, 15) is 24.2 Å². The van der Waals surface area contributed by atoms with Crippen LogP contribution >= 0.6 is 7.82 Å². The summed E-state index contributed by atoms with van der Waals surface area (Å²) in [7, 11) is -4.62. The maximum Gasteiger partial charge on any atom is 0.472 e. The number of carbonyl (C=O) groups excluding carboxylic acids is 2. The lowest BCUT2D eigenvalue weighted by Crippen LogP contribution is -2.29. The van der Waals surface area contributed by atoms with Crippen LogP contribution in [0.5, 0.6) is 0 Å². The van der Waals surface area contributed by atoms with Crippen LogP contribution < -0.4 is 0 Å². The first-order valence-electron chi connectivity index (χ1n) is 20.9. The van der Waals surface area contributed by atoms with Gasteiger partial charge in [-0.2, -0.15) is 0 Å². The molecule has 0 aliphatic heterocycles. The van der Waals surface area contributed by atoms with E-state index in [1.807, 2.05) is 0 Å². The quantitative estimate of drug-likeness (QED) is 0.0238. The van der Waals surface area contributed by atoms with Gasteiger partial charge in [-0.15, -0.1) is 0 Å². The zero-order valence-electron chi connectivity index (χ0n) is 33.5. The van der Waals surface area contributed by atoms with E-state index in [0.717, 1.165) is 70.6 Å². The van der Waals surface area contributed by atoms with Crippen LogP contribution in [0.3, 0.4) is 0 Å². The predicted molar refractivity (Wildman–Crippen MR) is 214 cm³/mol. The monoisotopic (exact) mass is 773 g/mol. The van der Waals surface area contributed by atoms with Crippen molar-refractivity contribution < 1.29 is 47.8 Å². The Bertz CT molecular complexity index is 983. The fourth-order valence-corrected chi connectivity index (χ4v) is 6.39. The normalized spacial score (nSPS) is 14.3. The van der Waals surface area contributed by atoms with E-state index in [4.69, 9.17) is 19.1 Å². The highest BCUT2D eigenvalue weighted by atomic mass is 31.2. The lowest BCUT2D eigenvalue weighted by Gasteiger charge is -2.20. The third-order valence-electron chi connectivity index (χ3n) is 8.81. The molecule has 0 aromatic heterocycles. The van der Waals surface area contributed by atoms with Gasteiger partial charge in [0.2, 0.25) is 0 Å². The van der Waals surface area contributed by atoms with Crippen molar-refractivity contribution >= 4 is 19.8 Å². The molecule has 11 heteroatoms. The second kappa shape index (κ2) is 38.5. The number of aliphatic hydroxyl groups is 2. The third kappa shape index (κ3) is 38.3. The Kier molecular flexibility index (Phi) is 37.2. The summed E-state index contributed by atoms with van der Waals surface area (Å²) in [6.45, 7) is 2.25. The molecular weight excluding hydrogens is 695 g/mol. The van der Waals surface area contributed by atoms with Gasteiger partial charge in [-0.25, -0.2) is 4.57 Å². The third-order valence-corrected chi connectivity index (χ3v) is 9.76. The molecule has 0 amide bonds. The summed E-state index contributed by atoms with van der Waals surface area (Å²) in [6, 6.07) is 0. The summed E-state index contributed by atoms with van der Waals surface area (Å²) >= 11 is 0. The Balaban J connectivity index is 4.33. The minimum absolute atomic E-state index is 0.183. The molecule has 3 N–H and O–H groups in total. The van der Waals surface area contributed by atoms with Gasteiger partial charge < -0.3 is 24.6 Å². The van der Waals surface area contributed by atoms with Crippen LogP contribution in [-0.4, -0.2) is 65.7 Å². The van der Waals surface area contributed by atoms with Gasteiger partial charge in [0.25, 0.3) is 0 Å². The number of unbranched alkanes of at least 4 members (excludes halogenated alkanes) is 19. The summed E-state index contributed by atoms with van der Waals surface area (Å²) in [5.41, 5.74) is 0. The summed E-state index contributed by atoms with van der Waals surface area (Å²) < 4.78 is 32.7. The summed E-state index contributed by atoms with van der Waals surface area (Å²) in [6.07, 6.45) is 38.2. The molecule has 0 aromatic carbocycles. The summed E-state index contributed by atoms with van der Waals surface area (Å²) in [5.74, 6) is -0.941. The maximum absolute atomic E-state index is 12.6. The first-order chi connectivity index (χ1) is 25.7. The SMILES string of the molecule is CCC=CCC=CCC=CCCCCCCCC(=O)OCC(COP(=O)(O)OCC(O)CO)OC(=O)CCCCCCCCCCCCCCCCC. The smallest absolute Gasteiger partial charge is 0.462 e. The highest BCUT2D eigenvalue weighted by Gasteiger charge is 2.27.